The van der Waals surface area contributed by atoms with Gasteiger partial charge < -0.3 is 29.4 Å². The number of nitrogens with zero attached hydrogens (tertiary/aromatic N) is 1. The molecule has 35 heavy (non-hydrogen) atoms. The first-order valence-corrected chi connectivity index (χ1v) is 13.3. The van der Waals surface area contributed by atoms with Crippen LogP contribution in [0.5, 0.6) is 0 Å². The summed E-state index contributed by atoms with van der Waals surface area (Å²) in [5, 5.41) is 10.4. The number of aromatic amines is 1. The van der Waals surface area contributed by atoms with Gasteiger partial charge in [0.05, 0.1) is 12.3 Å². The second-order valence-corrected chi connectivity index (χ2v) is 11.0. The van der Waals surface area contributed by atoms with Crippen molar-refractivity contribution in [2.75, 3.05) is 6.67 Å². The number of hydrogen-bond acceptors (Lipinski definition) is 10. The van der Waals surface area contributed by atoms with E-state index < -0.39 is 77.4 Å². The first-order chi connectivity index (χ1) is 15.8. The number of phosphoric ester groups is 1. The molecule has 2 heterocycles. The van der Waals surface area contributed by atoms with Crippen molar-refractivity contribution in [1.82, 2.24) is 9.55 Å². The molecule has 7 atom stereocenters. The van der Waals surface area contributed by atoms with E-state index in [4.69, 9.17) is 14.5 Å². The van der Waals surface area contributed by atoms with E-state index in [-0.39, 0.29) is 10.8 Å². The van der Waals surface area contributed by atoms with Crippen LogP contribution in [0.4, 0.5) is 13.2 Å². The Morgan fingerprint density at radius 3 is 2.37 bits per heavy atom. The second-order valence-electron chi connectivity index (χ2n) is 6.65. The summed E-state index contributed by atoms with van der Waals surface area (Å²) >= 11 is 0. The van der Waals surface area contributed by atoms with Gasteiger partial charge in [-0.15, -0.1) is 0 Å². The number of hydrogen-bond donors (Lipinski definition) is 6. The number of aliphatic hydroxyl groups is 1. The topological polar surface area (TPSA) is 244 Å². The van der Waals surface area contributed by atoms with Crippen molar-refractivity contribution in [2.45, 2.75) is 37.1 Å². The molecule has 1 aromatic heterocycles. The van der Waals surface area contributed by atoms with Gasteiger partial charge in [0.25, 0.3) is 5.56 Å². The number of alkyl halides is 2. The van der Waals surface area contributed by atoms with Crippen molar-refractivity contribution in [3.05, 3.63) is 32.9 Å². The molecule has 16 nitrogen and oxygen atoms in total. The van der Waals surface area contributed by atoms with E-state index in [9.17, 15) is 47.0 Å². The van der Waals surface area contributed by atoms with Gasteiger partial charge in [-0.2, -0.15) is 13.0 Å². The fraction of sp³-hybridized carbons (Fsp3) is 0.538. The lowest BCUT2D eigenvalue weighted by Crippen LogP contribution is -2.46. The molecule has 0 spiro atoms. The molecule has 22 heteroatoms. The third-order valence-corrected chi connectivity index (χ3v) is 8.02. The number of ether oxygens (including phenoxy) is 1. The minimum atomic E-state index is -5.92. The lowest BCUT2D eigenvalue weighted by molar-refractivity contribution is -0.0783. The van der Waals surface area contributed by atoms with E-state index in [1.165, 1.54) is 4.98 Å². The summed E-state index contributed by atoms with van der Waals surface area (Å²) in [6.45, 7) is -0.657. The molecule has 2 rings (SSSR count). The zero-order chi connectivity index (χ0) is 27.0. The summed E-state index contributed by atoms with van der Waals surface area (Å²) in [4.78, 5) is 60.6. The Kier molecular flexibility index (Phi) is 8.78. The van der Waals surface area contributed by atoms with E-state index >= 15 is 4.39 Å². The highest BCUT2D eigenvalue weighted by atomic mass is 31.3. The van der Waals surface area contributed by atoms with Crippen LogP contribution in [-0.4, -0.2) is 64.9 Å². The molecule has 1 aliphatic heterocycles. The molecule has 0 bridgehead atoms. The van der Waals surface area contributed by atoms with Crippen LogP contribution in [0.3, 0.4) is 0 Å². The zero-order valence-corrected chi connectivity index (χ0v) is 19.6. The molecule has 198 valence electrons. The Morgan fingerprint density at radius 1 is 1.23 bits per heavy atom. The van der Waals surface area contributed by atoms with Gasteiger partial charge in [0, 0.05) is 0 Å². The van der Waals surface area contributed by atoms with Gasteiger partial charge in [0.1, 0.15) is 18.9 Å². The molecule has 0 saturated carbocycles. The molecule has 1 saturated heterocycles. The number of nitrogens with one attached hydrogen (secondary N) is 1. The monoisotopic (exact) mass is 574 g/mol. The summed E-state index contributed by atoms with van der Waals surface area (Å²) in [6.07, 6.45) is -8.86. The van der Waals surface area contributed by atoms with E-state index in [0.717, 1.165) is 6.92 Å². The fourth-order valence-electron chi connectivity index (χ4n) is 2.85. The molecule has 1 fully saturated rings. The maximum atomic E-state index is 15.7. The van der Waals surface area contributed by atoms with Crippen molar-refractivity contribution in [1.29, 1.82) is 0 Å². The number of aromatic nitrogens is 2. The highest BCUT2D eigenvalue weighted by Gasteiger charge is 2.60. The summed E-state index contributed by atoms with van der Waals surface area (Å²) in [5.74, 6) is 1.65. The number of aliphatic hydroxyl groups excluding tert-OH is 1. The first kappa shape index (κ1) is 29.6. The van der Waals surface area contributed by atoms with Crippen LogP contribution in [0.15, 0.2) is 15.8 Å². The largest absolute Gasteiger partial charge is 0.490 e. The highest BCUT2D eigenvalue weighted by Crippen LogP contribution is 2.66. The normalized spacial score (nSPS) is 29.0. The minimum absolute atomic E-state index is 0.102. The SMILES string of the molecule is C[C@H](OP(=O)(O)OP(=O)(O)OP(=O)(O)O)[C@H]1O[C@@H](n2cc(F)c(=O)[nH]c2=O)C(F)(C#CCF)[C@H]1O. The van der Waals surface area contributed by atoms with E-state index in [2.05, 4.69) is 13.1 Å². The molecule has 0 amide bonds. The average molecular weight is 574 g/mol. The van der Waals surface area contributed by atoms with Crippen LogP contribution in [0.2, 0.25) is 0 Å². The van der Waals surface area contributed by atoms with Crippen LogP contribution in [-0.2, 0) is 31.6 Å². The predicted molar refractivity (Wildman–Crippen MR) is 103 cm³/mol. The van der Waals surface area contributed by atoms with Crippen molar-refractivity contribution in [2.24, 2.45) is 0 Å². The van der Waals surface area contributed by atoms with Gasteiger partial charge >= 0.3 is 29.2 Å². The number of rotatable bonds is 8. The predicted octanol–water partition coefficient (Wildman–Crippen LogP) is -0.653. The van der Waals surface area contributed by atoms with Crippen LogP contribution in [0.1, 0.15) is 13.2 Å². The summed E-state index contributed by atoms with van der Waals surface area (Å²) in [6, 6.07) is 0. The molecule has 3 unspecified atom stereocenters. The maximum Gasteiger partial charge on any atom is 0.490 e. The summed E-state index contributed by atoms with van der Waals surface area (Å²) < 4.78 is 92.7. The van der Waals surface area contributed by atoms with Gasteiger partial charge in [-0.05, 0) is 6.92 Å². The first-order valence-electron chi connectivity index (χ1n) is 8.73. The Labute approximate surface area is 191 Å². The molecule has 0 aromatic carbocycles. The number of halogens is 3. The lowest BCUT2D eigenvalue weighted by atomic mass is 9.94. The number of phosphoric acid groups is 3. The van der Waals surface area contributed by atoms with Crippen LogP contribution < -0.4 is 11.2 Å². The van der Waals surface area contributed by atoms with Crippen LogP contribution in [0, 0.1) is 17.7 Å². The van der Waals surface area contributed by atoms with Gasteiger partial charge in [-0.25, -0.2) is 27.3 Å². The van der Waals surface area contributed by atoms with Crippen molar-refractivity contribution >= 4 is 23.5 Å². The Morgan fingerprint density at radius 2 is 1.83 bits per heavy atom. The molecule has 0 radical (unpaired) electrons. The zero-order valence-electron chi connectivity index (χ0n) is 16.9. The lowest BCUT2D eigenvalue weighted by Gasteiger charge is -2.25. The van der Waals surface area contributed by atoms with Gasteiger partial charge in [0.15, 0.2) is 6.23 Å². The molecule has 1 aromatic rings. The van der Waals surface area contributed by atoms with Crippen LogP contribution in [0.25, 0.3) is 0 Å². The smallest absolute Gasteiger partial charge is 0.386 e. The Hall–Kier alpha value is -1.64. The molecule has 6 N–H and O–H groups in total. The second kappa shape index (κ2) is 10.4. The average Bonchev–Trinajstić information content (AvgIpc) is 2.91. The van der Waals surface area contributed by atoms with Crippen molar-refractivity contribution in [3.63, 3.8) is 0 Å². The third-order valence-electron chi connectivity index (χ3n) is 4.09. The standard InChI is InChI=1S/C13H16F3N2O14P3/c1-6(30-34(25,26)32-35(27,28)31-33(22,23)24)8-9(19)13(16,3-2-4-14)11(29-8)18-5-7(15)10(20)17-12(18)21/h5-6,8-9,11,19H,4H2,1H3,(H,25,26)(H,27,28)(H,17,20,21)(H2,22,23,24)/t6-,8+,9-,11+,13?/m0/s1. The van der Waals surface area contributed by atoms with Gasteiger partial charge in [-0.3, -0.25) is 18.9 Å². The Bertz CT molecular complexity index is 1290. The number of H-pyrrole nitrogens is 1. The maximum absolute atomic E-state index is 15.7. The molecule has 0 aliphatic carbocycles. The van der Waals surface area contributed by atoms with Gasteiger partial charge in [-0.1, -0.05) is 11.8 Å². The van der Waals surface area contributed by atoms with E-state index in [0.29, 0.717) is 0 Å². The minimum Gasteiger partial charge on any atom is -0.386 e. The molecular weight excluding hydrogens is 558 g/mol. The van der Waals surface area contributed by atoms with Crippen molar-refractivity contribution in [3.8, 4) is 11.8 Å². The van der Waals surface area contributed by atoms with E-state index in [1.807, 2.05) is 0 Å². The fourth-order valence-corrected chi connectivity index (χ4v) is 6.05. The Balaban J connectivity index is 2.39. The summed E-state index contributed by atoms with van der Waals surface area (Å²) in [5.41, 5.74) is -6.38. The highest BCUT2D eigenvalue weighted by molar-refractivity contribution is 7.66. The van der Waals surface area contributed by atoms with E-state index in [1.54, 1.807) is 11.8 Å². The molecule has 1 aliphatic rings. The molecular formula is C13H16F3N2O14P3. The quantitative estimate of drug-likeness (QED) is 0.167. The van der Waals surface area contributed by atoms with Crippen LogP contribution >= 0.6 is 23.5 Å². The summed E-state index contributed by atoms with van der Waals surface area (Å²) in [7, 11) is -17.4. The third kappa shape index (κ3) is 7.20. The van der Waals surface area contributed by atoms with Crippen molar-refractivity contribution < 1.29 is 69.4 Å². The van der Waals surface area contributed by atoms with Gasteiger partial charge in [0.2, 0.25) is 11.5 Å².